The van der Waals surface area contributed by atoms with Crippen LogP contribution in [0.4, 0.5) is 21.0 Å². The number of nitro benzene ring substituents is 1. The van der Waals surface area contributed by atoms with Crippen LogP contribution in [-0.4, -0.2) is 64.7 Å². The summed E-state index contributed by atoms with van der Waals surface area (Å²) in [4.78, 5) is 39.6. The Bertz CT molecular complexity index is 1060. The van der Waals surface area contributed by atoms with Crippen molar-refractivity contribution in [1.29, 1.82) is 0 Å². The molecule has 2 amide bonds. The smallest absolute Gasteiger partial charge is 0.410 e. The van der Waals surface area contributed by atoms with Gasteiger partial charge >= 0.3 is 12.2 Å². The average Bonchev–Trinajstić information content (AvgIpc) is 3.01. The van der Waals surface area contributed by atoms with Crippen LogP contribution < -0.4 is 5.32 Å². The van der Waals surface area contributed by atoms with E-state index in [1.54, 1.807) is 20.8 Å². The number of ether oxygens (including phenoxy) is 2. The first kappa shape index (κ1) is 26.1. The first-order valence-corrected chi connectivity index (χ1v) is 11.5. The van der Waals surface area contributed by atoms with E-state index in [-0.39, 0.29) is 49.2 Å². The third-order valence-electron chi connectivity index (χ3n) is 5.17. The lowest BCUT2D eigenvalue weighted by atomic mass is 10.2. The second-order valence-corrected chi connectivity index (χ2v) is 9.55. The van der Waals surface area contributed by atoms with Crippen LogP contribution in [0.1, 0.15) is 26.3 Å². The highest BCUT2D eigenvalue weighted by atomic mass is 35.5. The Labute approximate surface area is 208 Å². The van der Waals surface area contributed by atoms with Gasteiger partial charge < -0.3 is 24.6 Å². The first-order valence-electron chi connectivity index (χ1n) is 11.2. The van der Waals surface area contributed by atoms with Crippen molar-refractivity contribution in [2.75, 3.05) is 31.5 Å². The molecular formula is C24H29ClN4O6. The third-order valence-corrected chi connectivity index (χ3v) is 5.49. The van der Waals surface area contributed by atoms with E-state index >= 15 is 0 Å². The molecule has 1 unspecified atom stereocenters. The molecule has 1 aliphatic heterocycles. The predicted octanol–water partition coefficient (Wildman–Crippen LogP) is 4.92. The summed E-state index contributed by atoms with van der Waals surface area (Å²) in [7, 11) is 0. The average molecular weight is 505 g/mol. The number of amides is 2. The van der Waals surface area contributed by atoms with Gasteiger partial charge in [-0.05, 0) is 32.4 Å². The van der Waals surface area contributed by atoms with Crippen LogP contribution in [0.5, 0.6) is 0 Å². The van der Waals surface area contributed by atoms with Gasteiger partial charge in [-0.25, -0.2) is 9.59 Å². The Morgan fingerprint density at radius 2 is 1.69 bits per heavy atom. The number of nitro groups is 1. The summed E-state index contributed by atoms with van der Waals surface area (Å²) in [5.74, 6) is 0. The molecule has 0 bridgehead atoms. The summed E-state index contributed by atoms with van der Waals surface area (Å²) >= 11 is 6.26. The molecular weight excluding hydrogens is 476 g/mol. The minimum Gasteiger partial charge on any atom is -0.445 e. The topological polar surface area (TPSA) is 114 Å². The number of halogens is 1. The highest BCUT2D eigenvalue weighted by Gasteiger charge is 2.32. The molecule has 1 saturated heterocycles. The number of hydrogen-bond acceptors (Lipinski definition) is 7. The van der Waals surface area contributed by atoms with E-state index in [0.29, 0.717) is 0 Å². The molecule has 35 heavy (non-hydrogen) atoms. The van der Waals surface area contributed by atoms with Crippen molar-refractivity contribution < 1.29 is 24.0 Å². The maximum atomic E-state index is 12.9. The summed E-state index contributed by atoms with van der Waals surface area (Å²) < 4.78 is 11.0. The Balaban J connectivity index is 1.81. The molecule has 188 valence electrons. The van der Waals surface area contributed by atoms with Gasteiger partial charge in [-0.1, -0.05) is 48.0 Å². The molecule has 0 saturated carbocycles. The maximum absolute atomic E-state index is 12.9. The van der Waals surface area contributed by atoms with Crippen LogP contribution in [0, 0.1) is 10.1 Å². The molecule has 1 fully saturated rings. The molecule has 0 aromatic heterocycles. The molecule has 10 nitrogen and oxygen atoms in total. The van der Waals surface area contributed by atoms with Crippen LogP contribution in [0.15, 0.2) is 48.5 Å². The Morgan fingerprint density at radius 3 is 2.29 bits per heavy atom. The van der Waals surface area contributed by atoms with E-state index in [1.165, 1.54) is 28.0 Å². The standard InChI is InChI=1S/C24H29ClN4O6/c1-24(2,3)35-23(31)28-13-12-27(22(30)34-16-17-8-5-4-6-9-17)14-18(15-28)26-21-19(25)10-7-11-20(21)29(32)33/h4-11,18,26H,12-16H2,1-3H3. The van der Waals surface area contributed by atoms with E-state index < -0.39 is 28.8 Å². The number of carbonyl (C=O) groups excluding carboxylic acids is 2. The van der Waals surface area contributed by atoms with Gasteiger partial charge in [0.25, 0.3) is 5.69 Å². The second kappa shape index (κ2) is 11.3. The fourth-order valence-corrected chi connectivity index (χ4v) is 3.81. The lowest BCUT2D eigenvalue weighted by Gasteiger charge is -2.28. The number of para-hydroxylation sites is 1. The van der Waals surface area contributed by atoms with Crippen LogP contribution in [-0.2, 0) is 16.1 Å². The van der Waals surface area contributed by atoms with E-state index in [4.69, 9.17) is 21.1 Å². The largest absolute Gasteiger partial charge is 0.445 e. The Kier molecular flexibility index (Phi) is 8.39. The first-order chi connectivity index (χ1) is 16.5. The number of benzene rings is 2. The lowest BCUT2D eigenvalue weighted by Crippen LogP contribution is -2.44. The molecule has 1 aliphatic rings. The quantitative estimate of drug-likeness (QED) is 0.454. The number of rotatable bonds is 5. The molecule has 2 aromatic carbocycles. The van der Waals surface area contributed by atoms with Gasteiger partial charge in [0.2, 0.25) is 0 Å². The summed E-state index contributed by atoms with van der Waals surface area (Å²) in [6.45, 7) is 6.07. The van der Waals surface area contributed by atoms with Gasteiger partial charge in [-0.2, -0.15) is 0 Å². The Hall–Kier alpha value is -3.53. The molecule has 1 atom stereocenters. The second-order valence-electron chi connectivity index (χ2n) is 9.14. The highest BCUT2D eigenvalue weighted by molar-refractivity contribution is 6.33. The number of nitrogens with zero attached hydrogens (tertiary/aromatic N) is 3. The van der Waals surface area contributed by atoms with E-state index in [9.17, 15) is 19.7 Å². The molecule has 0 radical (unpaired) electrons. The van der Waals surface area contributed by atoms with Gasteiger partial charge in [0.15, 0.2) is 0 Å². The highest BCUT2D eigenvalue weighted by Crippen LogP contribution is 2.33. The van der Waals surface area contributed by atoms with Crippen molar-refractivity contribution in [3.8, 4) is 0 Å². The van der Waals surface area contributed by atoms with Crippen LogP contribution in [0.2, 0.25) is 5.02 Å². The summed E-state index contributed by atoms with van der Waals surface area (Å²) in [5.41, 5.74) is 0.0475. The molecule has 2 aromatic rings. The van der Waals surface area contributed by atoms with Crippen molar-refractivity contribution in [3.05, 3.63) is 69.2 Å². The molecule has 3 rings (SSSR count). The number of hydrogen-bond donors (Lipinski definition) is 1. The van der Waals surface area contributed by atoms with Gasteiger partial charge in [0, 0.05) is 32.2 Å². The number of carbonyl (C=O) groups is 2. The summed E-state index contributed by atoms with van der Waals surface area (Å²) in [6.07, 6.45) is -1.10. The molecule has 1 N–H and O–H groups in total. The van der Waals surface area contributed by atoms with E-state index in [0.717, 1.165) is 5.56 Å². The van der Waals surface area contributed by atoms with Crippen LogP contribution in [0.25, 0.3) is 0 Å². The fourth-order valence-electron chi connectivity index (χ4n) is 3.59. The minimum absolute atomic E-state index is 0.0973. The zero-order valence-corrected chi connectivity index (χ0v) is 20.7. The number of nitrogens with one attached hydrogen (secondary N) is 1. The predicted molar refractivity (Wildman–Crippen MR) is 132 cm³/mol. The zero-order chi connectivity index (χ0) is 25.6. The van der Waals surface area contributed by atoms with Gasteiger partial charge in [0.05, 0.1) is 16.0 Å². The van der Waals surface area contributed by atoms with Gasteiger partial charge in [0.1, 0.15) is 17.9 Å². The van der Waals surface area contributed by atoms with Crippen molar-refractivity contribution in [1.82, 2.24) is 9.80 Å². The van der Waals surface area contributed by atoms with Gasteiger partial charge in [-0.3, -0.25) is 10.1 Å². The van der Waals surface area contributed by atoms with Crippen molar-refractivity contribution in [3.63, 3.8) is 0 Å². The maximum Gasteiger partial charge on any atom is 0.410 e. The molecule has 11 heteroatoms. The molecule has 1 heterocycles. The normalized spacial score (nSPS) is 16.3. The summed E-state index contributed by atoms with van der Waals surface area (Å²) in [6, 6.07) is 13.0. The molecule has 0 spiro atoms. The van der Waals surface area contributed by atoms with Crippen LogP contribution >= 0.6 is 11.6 Å². The summed E-state index contributed by atoms with van der Waals surface area (Å²) in [5, 5.41) is 14.8. The zero-order valence-electron chi connectivity index (χ0n) is 19.9. The minimum atomic E-state index is -0.706. The van der Waals surface area contributed by atoms with Crippen molar-refractivity contribution in [2.45, 2.75) is 39.0 Å². The van der Waals surface area contributed by atoms with E-state index in [1.807, 2.05) is 30.3 Å². The molecule has 0 aliphatic carbocycles. The van der Waals surface area contributed by atoms with Crippen molar-refractivity contribution >= 4 is 35.2 Å². The number of anilines is 1. The van der Waals surface area contributed by atoms with Crippen LogP contribution in [0.3, 0.4) is 0 Å². The monoisotopic (exact) mass is 504 g/mol. The van der Waals surface area contributed by atoms with E-state index in [2.05, 4.69) is 5.32 Å². The van der Waals surface area contributed by atoms with Crippen molar-refractivity contribution in [2.24, 2.45) is 0 Å². The SMILES string of the molecule is CC(C)(C)OC(=O)N1CCN(C(=O)OCc2ccccc2)CC(Nc2c(Cl)cccc2[N+](=O)[O-])C1. The fraction of sp³-hybridized carbons (Fsp3) is 0.417. The van der Waals surface area contributed by atoms with Gasteiger partial charge in [-0.15, -0.1) is 0 Å². The lowest BCUT2D eigenvalue weighted by molar-refractivity contribution is -0.384. The third kappa shape index (κ3) is 7.48. The Morgan fingerprint density at radius 1 is 1.06 bits per heavy atom.